The maximum Gasteiger partial charge on any atom is 1.00 e. The normalized spacial score (nSPS) is 6.75. The van der Waals surface area contributed by atoms with Crippen LogP contribution in [0.15, 0.2) is 0 Å². The summed E-state index contributed by atoms with van der Waals surface area (Å²) in [5, 5.41) is 0. The monoisotopic (exact) mass is 128 g/mol. The topological polar surface area (TPSA) is 65.2 Å². The van der Waals surface area contributed by atoms with Gasteiger partial charge in [-0.15, -0.1) is 0 Å². The van der Waals surface area contributed by atoms with Gasteiger partial charge < -0.3 is 22.9 Å². The van der Waals surface area contributed by atoms with Crippen molar-refractivity contribution in [1.82, 2.24) is 0 Å². The average molecular weight is 128 g/mol. The fourth-order valence-electron chi connectivity index (χ4n) is 0.185. The molecule has 0 aromatic heterocycles. The van der Waals surface area contributed by atoms with Crippen LogP contribution in [0.2, 0.25) is 0 Å². The first-order valence-electron chi connectivity index (χ1n) is 1.99. The molecule has 46 valence electrons. The summed E-state index contributed by atoms with van der Waals surface area (Å²) in [6.45, 7) is 5.19. The fraction of sp³-hybridized carbons (Fsp3) is 0.750. The summed E-state index contributed by atoms with van der Waals surface area (Å²) in [5.41, 5.74) is 5.06. The third-order valence-corrected chi connectivity index (χ3v) is 0.407. The molecule has 0 unspecified atom stereocenters. The zero-order valence-corrected chi connectivity index (χ0v) is 7.26. The molecule has 0 aliphatic heterocycles. The Morgan fingerprint density at radius 1 is 1.50 bits per heavy atom. The van der Waals surface area contributed by atoms with Crippen molar-refractivity contribution in [3.05, 3.63) is 6.92 Å². The molecule has 0 saturated heterocycles. The maximum atomic E-state index is 5.06. The standard InChI is InChI=1S/C4H10NO.Na.H2O/c1-2-6-4-3-5;;/h1-5H2;;1H2/q-1;+1;/p-1. The molecule has 0 aliphatic carbocycles. The van der Waals surface area contributed by atoms with Gasteiger partial charge in [0.25, 0.3) is 0 Å². The summed E-state index contributed by atoms with van der Waals surface area (Å²) in [6.07, 6.45) is 0. The number of hydrogen-bond donors (Lipinski definition) is 1. The van der Waals surface area contributed by atoms with Gasteiger partial charge in [0.15, 0.2) is 0 Å². The van der Waals surface area contributed by atoms with Gasteiger partial charge in [-0.25, -0.2) is 0 Å². The Kier molecular flexibility index (Phi) is 31.2. The van der Waals surface area contributed by atoms with Gasteiger partial charge in [-0.1, -0.05) is 6.61 Å². The average Bonchev–Trinajstić information content (AvgIpc) is 1.61. The van der Waals surface area contributed by atoms with E-state index in [0.29, 0.717) is 19.8 Å². The second-order valence-corrected chi connectivity index (χ2v) is 0.901. The molecule has 0 amide bonds. The van der Waals surface area contributed by atoms with Crippen LogP contribution in [0, 0.1) is 6.92 Å². The SMILES string of the molecule is [CH2-]COCCN.[Na+].[OH-]. The molecular formula is C4H11NNaO2-. The summed E-state index contributed by atoms with van der Waals surface area (Å²) in [5.74, 6) is 0. The summed E-state index contributed by atoms with van der Waals surface area (Å²) in [6, 6.07) is 0. The van der Waals surface area contributed by atoms with E-state index in [4.69, 9.17) is 10.5 Å². The van der Waals surface area contributed by atoms with Crippen molar-refractivity contribution in [2.24, 2.45) is 5.73 Å². The van der Waals surface area contributed by atoms with E-state index in [1.165, 1.54) is 0 Å². The summed E-state index contributed by atoms with van der Waals surface area (Å²) in [7, 11) is 0. The molecule has 0 atom stereocenters. The van der Waals surface area contributed by atoms with Crippen molar-refractivity contribution in [2.75, 3.05) is 19.8 Å². The largest absolute Gasteiger partial charge is 1.00 e. The van der Waals surface area contributed by atoms with Crippen molar-refractivity contribution in [1.29, 1.82) is 0 Å². The molecule has 0 spiro atoms. The number of ether oxygens (including phenoxy) is 1. The van der Waals surface area contributed by atoms with Gasteiger partial charge in [-0.2, -0.15) is 0 Å². The molecule has 0 aliphatic rings. The van der Waals surface area contributed by atoms with Crippen LogP contribution in [0.5, 0.6) is 0 Å². The second kappa shape index (κ2) is 15.7. The van der Waals surface area contributed by atoms with Gasteiger partial charge in [-0.3, -0.25) is 0 Å². The third-order valence-electron chi connectivity index (χ3n) is 0.407. The minimum Gasteiger partial charge on any atom is -0.870 e. The minimum absolute atomic E-state index is 0. The van der Waals surface area contributed by atoms with Crippen molar-refractivity contribution in [3.8, 4) is 0 Å². The molecule has 3 N–H and O–H groups in total. The van der Waals surface area contributed by atoms with Gasteiger partial charge in [-0.05, 0) is 0 Å². The molecule has 8 heavy (non-hydrogen) atoms. The molecule has 0 rings (SSSR count). The van der Waals surface area contributed by atoms with Crippen molar-refractivity contribution < 1.29 is 39.8 Å². The van der Waals surface area contributed by atoms with Crippen molar-refractivity contribution >= 4 is 0 Å². The maximum absolute atomic E-state index is 5.06. The zero-order chi connectivity index (χ0) is 4.83. The Morgan fingerprint density at radius 3 is 2.12 bits per heavy atom. The Balaban J connectivity index is -0.000000125. The minimum atomic E-state index is 0. The first-order valence-corrected chi connectivity index (χ1v) is 1.99. The van der Waals surface area contributed by atoms with E-state index in [0.717, 1.165) is 0 Å². The van der Waals surface area contributed by atoms with Crippen molar-refractivity contribution in [3.63, 3.8) is 0 Å². The van der Waals surface area contributed by atoms with E-state index in [1.54, 1.807) is 0 Å². The molecule has 3 nitrogen and oxygen atoms in total. The van der Waals surface area contributed by atoms with Gasteiger partial charge in [0.1, 0.15) is 0 Å². The fourth-order valence-corrected chi connectivity index (χ4v) is 0.185. The predicted octanol–water partition coefficient (Wildman–Crippen LogP) is -3.38. The number of nitrogens with two attached hydrogens (primary N) is 1. The van der Waals surface area contributed by atoms with Crippen LogP contribution in [0.1, 0.15) is 0 Å². The van der Waals surface area contributed by atoms with Gasteiger partial charge in [0.2, 0.25) is 0 Å². The smallest absolute Gasteiger partial charge is 0.870 e. The quantitative estimate of drug-likeness (QED) is 0.245. The van der Waals surface area contributed by atoms with Gasteiger partial charge in [0.05, 0.1) is 6.61 Å². The molecule has 0 radical (unpaired) electrons. The van der Waals surface area contributed by atoms with Crippen LogP contribution in [-0.4, -0.2) is 25.2 Å². The Labute approximate surface area is 72.2 Å². The van der Waals surface area contributed by atoms with E-state index < -0.39 is 0 Å². The summed E-state index contributed by atoms with van der Waals surface area (Å²) >= 11 is 0. The van der Waals surface area contributed by atoms with Gasteiger partial charge in [0, 0.05) is 6.54 Å². The second-order valence-electron chi connectivity index (χ2n) is 0.901. The van der Waals surface area contributed by atoms with E-state index in [-0.39, 0.29) is 35.0 Å². The van der Waals surface area contributed by atoms with Crippen LogP contribution in [0.25, 0.3) is 0 Å². The van der Waals surface area contributed by atoms with E-state index in [1.807, 2.05) is 0 Å². The summed E-state index contributed by atoms with van der Waals surface area (Å²) < 4.78 is 4.75. The molecular weight excluding hydrogens is 117 g/mol. The third kappa shape index (κ3) is 15.8. The molecule has 0 bridgehead atoms. The molecule has 0 heterocycles. The molecule has 0 saturated carbocycles. The Hall–Kier alpha value is 0.880. The van der Waals surface area contributed by atoms with Crippen LogP contribution < -0.4 is 35.3 Å². The first-order chi connectivity index (χ1) is 2.91. The molecule has 4 heteroatoms. The van der Waals surface area contributed by atoms with Crippen LogP contribution in [0.4, 0.5) is 0 Å². The van der Waals surface area contributed by atoms with Crippen molar-refractivity contribution in [2.45, 2.75) is 0 Å². The Morgan fingerprint density at radius 2 is 2.00 bits per heavy atom. The Bertz CT molecular complexity index is 26.0. The van der Waals surface area contributed by atoms with Crippen LogP contribution >= 0.6 is 0 Å². The molecule has 0 fully saturated rings. The summed E-state index contributed by atoms with van der Waals surface area (Å²) in [4.78, 5) is 0. The molecule has 0 aromatic carbocycles. The molecule has 0 aromatic rings. The first kappa shape index (κ1) is 15.9. The number of rotatable bonds is 3. The van der Waals surface area contributed by atoms with Crippen LogP contribution in [-0.2, 0) is 4.74 Å². The predicted molar refractivity (Wildman–Crippen MR) is 27.2 cm³/mol. The van der Waals surface area contributed by atoms with Gasteiger partial charge >= 0.3 is 29.6 Å². The van der Waals surface area contributed by atoms with Crippen LogP contribution in [0.3, 0.4) is 0 Å². The van der Waals surface area contributed by atoms with E-state index in [2.05, 4.69) is 6.92 Å². The van der Waals surface area contributed by atoms with E-state index in [9.17, 15) is 0 Å². The number of hydrogen-bond acceptors (Lipinski definition) is 3. The van der Waals surface area contributed by atoms with E-state index >= 15 is 0 Å². The zero-order valence-electron chi connectivity index (χ0n) is 5.26.